The highest BCUT2D eigenvalue weighted by Gasteiger charge is 2.43. The molecule has 0 aromatic rings. The minimum absolute atomic E-state index is 0.270. The van der Waals surface area contributed by atoms with Gasteiger partial charge in [-0.3, -0.25) is 4.90 Å². The Hall–Kier alpha value is -0.120. The number of piperazine rings is 1. The molecule has 2 saturated heterocycles. The van der Waals surface area contributed by atoms with Crippen LogP contribution in [0.2, 0.25) is 0 Å². The average Bonchev–Trinajstić information content (AvgIpc) is 2.93. The Morgan fingerprint density at radius 3 is 2.47 bits per heavy atom. The summed E-state index contributed by atoms with van der Waals surface area (Å²) in [6, 6.07) is 0. The van der Waals surface area contributed by atoms with E-state index in [0.717, 1.165) is 26.2 Å². The highest BCUT2D eigenvalue weighted by Crippen LogP contribution is 2.32. The van der Waals surface area contributed by atoms with E-state index in [1.54, 1.807) is 0 Å². The van der Waals surface area contributed by atoms with Gasteiger partial charge in [-0.2, -0.15) is 0 Å². The maximum atomic E-state index is 5.88. The molecule has 0 bridgehead atoms. The summed E-state index contributed by atoms with van der Waals surface area (Å²) < 4.78 is 5.88. The predicted octanol–water partition coefficient (Wildman–Crippen LogP) is 2.80. The largest absolute Gasteiger partial charge is 0.377 e. The van der Waals surface area contributed by atoms with Crippen LogP contribution in [0.15, 0.2) is 0 Å². The van der Waals surface area contributed by atoms with Gasteiger partial charge in [-0.15, -0.1) is 0 Å². The zero-order valence-electron chi connectivity index (χ0n) is 13.3. The van der Waals surface area contributed by atoms with Crippen LogP contribution in [0.25, 0.3) is 0 Å². The summed E-state index contributed by atoms with van der Waals surface area (Å²) >= 11 is 0. The van der Waals surface area contributed by atoms with Crippen LogP contribution in [-0.2, 0) is 4.74 Å². The predicted molar refractivity (Wildman–Crippen MR) is 80.6 cm³/mol. The fourth-order valence-electron chi connectivity index (χ4n) is 3.61. The second kappa shape index (κ2) is 6.11. The van der Waals surface area contributed by atoms with E-state index in [4.69, 9.17) is 4.74 Å². The number of hydrogen-bond donors (Lipinski definition) is 1. The lowest BCUT2D eigenvalue weighted by Crippen LogP contribution is -2.69. The van der Waals surface area contributed by atoms with Gasteiger partial charge in [0.05, 0.1) is 6.10 Å². The summed E-state index contributed by atoms with van der Waals surface area (Å²) in [5.41, 5.74) is 0.604. The first-order valence-electron chi connectivity index (χ1n) is 8.19. The molecular weight excluding hydrogens is 236 g/mol. The van der Waals surface area contributed by atoms with Crippen LogP contribution in [0.5, 0.6) is 0 Å². The van der Waals surface area contributed by atoms with Crippen molar-refractivity contribution >= 4 is 0 Å². The van der Waals surface area contributed by atoms with Crippen molar-refractivity contribution in [2.45, 2.75) is 77.0 Å². The standard InChI is InChI=1S/C16H32N2O/c1-5-15(4)13-18(11-14-9-8-10-19-14)16(6-2,7-3)12-17-15/h14,17H,5-13H2,1-4H3. The number of hydrogen-bond acceptors (Lipinski definition) is 3. The molecule has 1 N–H and O–H groups in total. The van der Waals surface area contributed by atoms with E-state index in [1.165, 1.54) is 32.1 Å². The molecule has 3 nitrogen and oxygen atoms in total. The van der Waals surface area contributed by atoms with Gasteiger partial charge in [0.15, 0.2) is 0 Å². The molecule has 0 amide bonds. The van der Waals surface area contributed by atoms with Crippen molar-refractivity contribution in [2.75, 3.05) is 26.2 Å². The van der Waals surface area contributed by atoms with E-state index in [9.17, 15) is 0 Å². The Kier molecular flexibility index (Phi) is 4.91. The molecule has 2 fully saturated rings. The first kappa shape index (κ1) is 15.3. The van der Waals surface area contributed by atoms with Gasteiger partial charge < -0.3 is 10.1 Å². The van der Waals surface area contributed by atoms with E-state index in [0.29, 0.717) is 11.6 Å². The Bertz CT molecular complexity index is 284. The Balaban J connectivity index is 2.10. The molecule has 0 aromatic heterocycles. The van der Waals surface area contributed by atoms with E-state index in [1.807, 2.05) is 0 Å². The molecule has 0 radical (unpaired) electrons. The summed E-state index contributed by atoms with van der Waals surface area (Å²) in [5.74, 6) is 0. The molecule has 0 aromatic carbocycles. The quantitative estimate of drug-likeness (QED) is 0.830. The van der Waals surface area contributed by atoms with Gasteiger partial charge in [0.25, 0.3) is 0 Å². The summed E-state index contributed by atoms with van der Waals surface area (Å²) in [4.78, 5) is 2.74. The smallest absolute Gasteiger partial charge is 0.0703 e. The van der Waals surface area contributed by atoms with E-state index >= 15 is 0 Å². The molecule has 2 heterocycles. The second-order valence-electron chi connectivity index (χ2n) is 6.71. The molecule has 2 rings (SSSR count). The maximum Gasteiger partial charge on any atom is 0.0703 e. The van der Waals surface area contributed by atoms with Crippen LogP contribution in [0.1, 0.15) is 59.8 Å². The third kappa shape index (κ3) is 3.14. The fourth-order valence-corrected chi connectivity index (χ4v) is 3.61. The lowest BCUT2D eigenvalue weighted by molar-refractivity contribution is -0.0317. The fraction of sp³-hybridized carbons (Fsp3) is 1.00. The topological polar surface area (TPSA) is 24.5 Å². The van der Waals surface area contributed by atoms with Gasteiger partial charge in [-0.1, -0.05) is 20.8 Å². The third-order valence-corrected chi connectivity index (χ3v) is 5.60. The van der Waals surface area contributed by atoms with Gasteiger partial charge in [-0.05, 0) is 39.0 Å². The molecule has 2 aliphatic rings. The van der Waals surface area contributed by atoms with Crippen molar-refractivity contribution in [3.63, 3.8) is 0 Å². The molecule has 2 aliphatic heterocycles. The van der Waals surface area contributed by atoms with Gasteiger partial charge in [0.1, 0.15) is 0 Å². The average molecular weight is 268 g/mol. The maximum absolute atomic E-state index is 5.88. The lowest BCUT2D eigenvalue weighted by Gasteiger charge is -2.54. The molecule has 2 unspecified atom stereocenters. The van der Waals surface area contributed by atoms with Gasteiger partial charge >= 0.3 is 0 Å². The minimum Gasteiger partial charge on any atom is -0.377 e. The van der Waals surface area contributed by atoms with Crippen LogP contribution in [-0.4, -0.2) is 48.3 Å². The Labute approximate surface area is 119 Å². The van der Waals surface area contributed by atoms with Gasteiger partial charge in [0.2, 0.25) is 0 Å². The summed E-state index contributed by atoms with van der Waals surface area (Å²) in [7, 11) is 0. The van der Waals surface area contributed by atoms with Crippen LogP contribution >= 0.6 is 0 Å². The highest BCUT2D eigenvalue weighted by molar-refractivity contribution is 5.03. The zero-order valence-corrected chi connectivity index (χ0v) is 13.3. The third-order valence-electron chi connectivity index (χ3n) is 5.60. The summed E-state index contributed by atoms with van der Waals surface area (Å²) in [6.07, 6.45) is 6.60. The summed E-state index contributed by atoms with van der Waals surface area (Å²) in [5, 5.41) is 3.81. The van der Waals surface area contributed by atoms with Crippen LogP contribution in [0.4, 0.5) is 0 Å². The SMILES string of the molecule is CCC1(C)CN(CC2CCCO2)C(CC)(CC)CN1. The van der Waals surface area contributed by atoms with Crippen LogP contribution in [0.3, 0.4) is 0 Å². The molecule has 112 valence electrons. The van der Waals surface area contributed by atoms with Crippen LogP contribution < -0.4 is 5.32 Å². The number of nitrogens with one attached hydrogen (secondary N) is 1. The van der Waals surface area contributed by atoms with Crippen molar-refractivity contribution in [1.82, 2.24) is 10.2 Å². The first-order valence-corrected chi connectivity index (χ1v) is 8.19. The van der Waals surface area contributed by atoms with Crippen molar-refractivity contribution in [3.05, 3.63) is 0 Å². The monoisotopic (exact) mass is 268 g/mol. The number of nitrogens with zero attached hydrogens (tertiary/aromatic N) is 1. The Morgan fingerprint density at radius 2 is 1.95 bits per heavy atom. The Morgan fingerprint density at radius 1 is 1.21 bits per heavy atom. The molecule has 0 aliphatic carbocycles. The molecule has 0 spiro atoms. The normalized spacial score (nSPS) is 35.7. The highest BCUT2D eigenvalue weighted by atomic mass is 16.5. The molecule has 2 atom stereocenters. The lowest BCUT2D eigenvalue weighted by atomic mass is 9.82. The van der Waals surface area contributed by atoms with Crippen molar-refractivity contribution < 1.29 is 4.74 Å². The first-order chi connectivity index (χ1) is 9.07. The number of rotatable bonds is 5. The van der Waals surface area contributed by atoms with Crippen molar-refractivity contribution in [1.29, 1.82) is 0 Å². The van der Waals surface area contributed by atoms with Gasteiger partial charge in [0, 0.05) is 37.3 Å². The molecule has 19 heavy (non-hydrogen) atoms. The molecule has 0 saturated carbocycles. The molecular formula is C16H32N2O. The van der Waals surface area contributed by atoms with E-state index in [2.05, 4.69) is 37.9 Å². The minimum atomic E-state index is 0.270. The number of ether oxygens (including phenoxy) is 1. The molecule has 3 heteroatoms. The van der Waals surface area contributed by atoms with E-state index < -0.39 is 0 Å². The van der Waals surface area contributed by atoms with E-state index in [-0.39, 0.29) is 5.54 Å². The summed E-state index contributed by atoms with van der Waals surface area (Å²) in [6.45, 7) is 13.7. The zero-order chi connectivity index (χ0) is 13.9. The second-order valence-corrected chi connectivity index (χ2v) is 6.71. The van der Waals surface area contributed by atoms with Crippen molar-refractivity contribution in [2.24, 2.45) is 0 Å². The van der Waals surface area contributed by atoms with Crippen LogP contribution in [0, 0.1) is 0 Å². The van der Waals surface area contributed by atoms with Gasteiger partial charge in [-0.25, -0.2) is 0 Å². The van der Waals surface area contributed by atoms with Crippen molar-refractivity contribution in [3.8, 4) is 0 Å².